The summed E-state index contributed by atoms with van der Waals surface area (Å²) < 4.78 is 0. The van der Waals surface area contributed by atoms with E-state index in [0.717, 1.165) is 50.0 Å². The van der Waals surface area contributed by atoms with Crippen LogP contribution in [0.5, 0.6) is 0 Å². The number of hydrogen-bond acceptors (Lipinski definition) is 2. The van der Waals surface area contributed by atoms with Crippen molar-refractivity contribution in [3.63, 3.8) is 0 Å². The van der Waals surface area contributed by atoms with Crippen LogP contribution in [-0.4, -0.2) is 35.0 Å². The molecular weight excluding hydrogens is 238 g/mol. The molecule has 2 N–H and O–H groups in total. The number of anilines is 1. The minimum absolute atomic E-state index is 0.197. The number of hydrogen-bond donors (Lipinski definition) is 1. The van der Waals surface area contributed by atoms with Crippen molar-refractivity contribution in [1.29, 1.82) is 0 Å². The monoisotopic (exact) mass is 259 g/mol. The molecular formula is C15H21N3O. The van der Waals surface area contributed by atoms with Crippen LogP contribution >= 0.6 is 0 Å². The summed E-state index contributed by atoms with van der Waals surface area (Å²) in [6.07, 6.45) is 4.54. The number of carbonyl (C=O) groups excluding carboxylic acids is 1. The predicted molar refractivity (Wildman–Crippen MR) is 75.6 cm³/mol. The first-order valence-electron chi connectivity index (χ1n) is 7.14. The van der Waals surface area contributed by atoms with Gasteiger partial charge in [0.2, 0.25) is 0 Å². The van der Waals surface area contributed by atoms with Crippen LogP contribution in [0.15, 0.2) is 24.3 Å². The first-order valence-corrected chi connectivity index (χ1v) is 7.14. The molecule has 1 saturated carbocycles. The van der Waals surface area contributed by atoms with E-state index in [0.29, 0.717) is 12.6 Å². The number of benzene rings is 1. The zero-order valence-electron chi connectivity index (χ0n) is 11.2. The zero-order chi connectivity index (χ0) is 13.2. The van der Waals surface area contributed by atoms with Gasteiger partial charge in [0.1, 0.15) is 0 Å². The van der Waals surface area contributed by atoms with Crippen LogP contribution in [0.3, 0.4) is 0 Å². The van der Waals surface area contributed by atoms with E-state index in [1.54, 1.807) is 0 Å². The van der Waals surface area contributed by atoms with Gasteiger partial charge in [-0.3, -0.25) is 0 Å². The van der Waals surface area contributed by atoms with E-state index in [1.807, 2.05) is 34.1 Å². The largest absolute Gasteiger partial charge is 0.398 e. The molecule has 19 heavy (non-hydrogen) atoms. The average Bonchev–Trinajstić information content (AvgIpc) is 3.11. The summed E-state index contributed by atoms with van der Waals surface area (Å²) in [4.78, 5) is 16.5. The Balaban J connectivity index is 1.74. The minimum Gasteiger partial charge on any atom is -0.398 e. The molecule has 4 heteroatoms. The van der Waals surface area contributed by atoms with Crippen molar-refractivity contribution in [3.8, 4) is 0 Å². The first kappa shape index (κ1) is 12.3. The van der Waals surface area contributed by atoms with Crippen molar-refractivity contribution in [2.24, 2.45) is 0 Å². The second-order valence-electron chi connectivity index (χ2n) is 5.53. The molecule has 0 unspecified atom stereocenters. The van der Waals surface area contributed by atoms with E-state index < -0.39 is 0 Å². The lowest BCUT2D eigenvalue weighted by atomic mass is 10.1. The molecule has 2 amide bonds. The van der Waals surface area contributed by atoms with E-state index in [4.69, 9.17) is 5.73 Å². The van der Waals surface area contributed by atoms with E-state index in [2.05, 4.69) is 0 Å². The Morgan fingerprint density at radius 1 is 1.26 bits per heavy atom. The van der Waals surface area contributed by atoms with Gasteiger partial charge in [-0.15, -0.1) is 0 Å². The van der Waals surface area contributed by atoms with Gasteiger partial charge in [0.25, 0.3) is 0 Å². The second-order valence-corrected chi connectivity index (χ2v) is 5.53. The second kappa shape index (κ2) is 5.11. The van der Waals surface area contributed by atoms with Crippen molar-refractivity contribution in [2.45, 2.75) is 38.3 Å². The number of nitrogens with zero attached hydrogens (tertiary/aromatic N) is 2. The molecule has 0 spiro atoms. The maximum Gasteiger partial charge on any atom is 0.320 e. The Kier molecular flexibility index (Phi) is 3.32. The highest BCUT2D eigenvalue weighted by Gasteiger charge is 2.35. The Labute approximate surface area is 114 Å². The molecule has 102 valence electrons. The lowest BCUT2D eigenvalue weighted by Crippen LogP contribution is -2.42. The smallest absolute Gasteiger partial charge is 0.320 e. The molecule has 0 atom stereocenters. The number of para-hydroxylation sites is 1. The van der Waals surface area contributed by atoms with Crippen LogP contribution in [0, 0.1) is 0 Å². The van der Waals surface area contributed by atoms with Gasteiger partial charge >= 0.3 is 6.03 Å². The summed E-state index contributed by atoms with van der Waals surface area (Å²) in [6.45, 7) is 2.46. The molecule has 2 aliphatic rings. The lowest BCUT2D eigenvalue weighted by Gasteiger charge is -2.28. The number of nitrogen functional groups attached to an aromatic ring is 1. The predicted octanol–water partition coefficient (Wildman–Crippen LogP) is 2.45. The maximum atomic E-state index is 12.6. The van der Waals surface area contributed by atoms with Crippen molar-refractivity contribution in [1.82, 2.24) is 9.80 Å². The molecule has 3 rings (SSSR count). The van der Waals surface area contributed by atoms with Crippen molar-refractivity contribution in [3.05, 3.63) is 29.8 Å². The van der Waals surface area contributed by atoms with Crippen LogP contribution in [0.1, 0.15) is 31.2 Å². The third kappa shape index (κ3) is 2.67. The summed E-state index contributed by atoms with van der Waals surface area (Å²) in [5.41, 5.74) is 7.83. The van der Waals surface area contributed by atoms with Gasteiger partial charge < -0.3 is 15.5 Å². The highest BCUT2D eigenvalue weighted by Crippen LogP contribution is 2.31. The molecule has 1 saturated heterocycles. The summed E-state index contributed by atoms with van der Waals surface area (Å²) >= 11 is 0. The highest BCUT2D eigenvalue weighted by atomic mass is 16.2. The fraction of sp³-hybridized carbons (Fsp3) is 0.533. The van der Waals surface area contributed by atoms with Crippen LogP contribution in [-0.2, 0) is 6.54 Å². The van der Waals surface area contributed by atoms with Gasteiger partial charge in [0.15, 0.2) is 0 Å². The Morgan fingerprint density at radius 2 is 1.95 bits per heavy atom. The van der Waals surface area contributed by atoms with Gasteiger partial charge in [-0.1, -0.05) is 18.2 Å². The number of carbonyl (C=O) groups is 1. The van der Waals surface area contributed by atoms with Crippen LogP contribution in [0.2, 0.25) is 0 Å². The standard InChI is InChI=1S/C15H21N3O/c16-14-6-2-1-5-12(14)11-18(13-7-8-13)15(19)17-9-3-4-10-17/h1-2,5-6,13H,3-4,7-11,16H2. The molecule has 0 bridgehead atoms. The van der Waals surface area contributed by atoms with E-state index in [9.17, 15) is 4.79 Å². The molecule has 2 fully saturated rings. The van der Waals surface area contributed by atoms with Crippen molar-refractivity contribution in [2.75, 3.05) is 18.8 Å². The van der Waals surface area contributed by atoms with Gasteiger partial charge in [-0.05, 0) is 37.3 Å². The van der Waals surface area contributed by atoms with Gasteiger partial charge in [0, 0.05) is 31.4 Å². The highest BCUT2D eigenvalue weighted by molar-refractivity contribution is 5.75. The van der Waals surface area contributed by atoms with Crippen LogP contribution in [0.25, 0.3) is 0 Å². The lowest BCUT2D eigenvalue weighted by molar-refractivity contribution is 0.156. The molecule has 4 nitrogen and oxygen atoms in total. The maximum absolute atomic E-state index is 12.6. The summed E-state index contributed by atoms with van der Waals surface area (Å²) in [6, 6.07) is 8.46. The minimum atomic E-state index is 0.197. The van der Waals surface area contributed by atoms with E-state index in [-0.39, 0.29) is 6.03 Å². The molecule has 1 aromatic rings. The number of nitrogens with two attached hydrogens (primary N) is 1. The normalized spacial score (nSPS) is 18.6. The molecule has 1 heterocycles. The number of amides is 2. The number of likely N-dealkylation sites (tertiary alicyclic amines) is 1. The summed E-state index contributed by atoms with van der Waals surface area (Å²) in [5, 5.41) is 0. The quantitative estimate of drug-likeness (QED) is 0.848. The Bertz CT molecular complexity index is 464. The van der Waals surface area contributed by atoms with Gasteiger partial charge in [-0.25, -0.2) is 4.79 Å². The Morgan fingerprint density at radius 3 is 2.58 bits per heavy atom. The van der Waals surface area contributed by atoms with Crippen LogP contribution in [0.4, 0.5) is 10.5 Å². The fourth-order valence-electron chi connectivity index (χ4n) is 2.69. The third-order valence-corrected chi connectivity index (χ3v) is 4.01. The van der Waals surface area contributed by atoms with Crippen molar-refractivity contribution >= 4 is 11.7 Å². The zero-order valence-corrected chi connectivity index (χ0v) is 11.2. The fourth-order valence-corrected chi connectivity index (χ4v) is 2.69. The molecule has 1 aliphatic heterocycles. The molecule has 0 aromatic heterocycles. The first-order chi connectivity index (χ1) is 9.25. The Hall–Kier alpha value is -1.71. The van der Waals surface area contributed by atoms with Gasteiger partial charge in [0.05, 0.1) is 0 Å². The SMILES string of the molecule is Nc1ccccc1CN(C(=O)N1CCCC1)C1CC1. The molecule has 1 aliphatic carbocycles. The number of rotatable bonds is 3. The molecule has 1 aromatic carbocycles. The van der Waals surface area contributed by atoms with E-state index >= 15 is 0 Å². The van der Waals surface area contributed by atoms with E-state index in [1.165, 1.54) is 0 Å². The third-order valence-electron chi connectivity index (χ3n) is 4.01. The average molecular weight is 259 g/mol. The van der Waals surface area contributed by atoms with Gasteiger partial charge in [-0.2, -0.15) is 0 Å². The number of urea groups is 1. The summed E-state index contributed by atoms with van der Waals surface area (Å²) in [5.74, 6) is 0. The van der Waals surface area contributed by atoms with Crippen LogP contribution < -0.4 is 5.73 Å². The topological polar surface area (TPSA) is 49.6 Å². The summed E-state index contributed by atoms with van der Waals surface area (Å²) in [7, 11) is 0. The van der Waals surface area contributed by atoms with Crippen molar-refractivity contribution < 1.29 is 4.79 Å². The molecule has 0 radical (unpaired) electrons.